The van der Waals surface area contributed by atoms with E-state index in [2.05, 4.69) is 24.5 Å². The van der Waals surface area contributed by atoms with Crippen LogP contribution >= 0.6 is 24.0 Å². The third kappa shape index (κ3) is 7.57. The Morgan fingerprint density at radius 1 is 1.24 bits per heavy atom. The monoisotopic (exact) mass is 523 g/mol. The maximum atomic E-state index is 13.9. The fraction of sp³-hybridized carbons (Fsp3) is 0.667. The summed E-state index contributed by atoms with van der Waals surface area (Å²) in [5.41, 5.74) is 1.60. The number of guanidine groups is 1. The Hall–Kier alpha value is -1.13. The summed E-state index contributed by atoms with van der Waals surface area (Å²) in [6.07, 6.45) is 3.31. The van der Waals surface area contributed by atoms with Crippen molar-refractivity contribution in [3.63, 3.8) is 0 Å². The minimum atomic E-state index is -0.275. The van der Waals surface area contributed by atoms with Gasteiger partial charge in [0.15, 0.2) is 12.8 Å². The number of aliphatic hydroxyl groups excluding tert-OH is 1. The van der Waals surface area contributed by atoms with Gasteiger partial charge in [0.1, 0.15) is 11.6 Å². The van der Waals surface area contributed by atoms with Gasteiger partial charge < -0.3 is 25.2 Å². The van der Waals surface area contributed by atoms with E-state index in [0.29, 0.717) is 26.1 Å². The summed E-state index contributed by atoms with van der Waals surface area (Å²) in [6.45, 7) is 9.08. The lowest BCUT2D eigenvalue weighted by Crippen LogP contribution is -2.39. The summed E-state index contributed by atoms with van der Waals surface area (Å²) in [5, 5.41) is 16.0. The molecule has 3 N–H and O–H groups in total. The van der Waals surface area contributed by atoms with Crippen molar-refractivity contribution in [1.29, 1.82) is 0 Å². The van der Waals surface area contributed by atoms with E-state index >= 15 is 0 Å². The van der Waals surface area contributed by atoms with Crippen molar-refractivity contribution < 1.29 is 19.0 Å². The summed E-state index contributed by atoms with van der Waals surface area (Å²) in [6, 6.07) is 2.99. The van der Waals surface area contributed by atoms with Gasteiger partial charge in [-0.25, -0.2) is 4.39 Å². The summed E-state index contributed by atoms with van der Waals surface area (Å²) >= 11 is 0. The van der Waals surface area contributed by atoms with Crippen LogP contribution in [-0.2, 0) is 17.8 Å². The van der Waals surface area contributed by atoms with Gasteiger partial charge in [-0.1, -0.05) is 13.8 Å². The number of aliphatic imine (C=N–C) groups is 1. The van der Waals surface area contributed by atoms with Crippen LogP contribution in [0.5, 0.6) is 5.75 Å². The number of nitrogens with zero attached hydrogens (tertiary/aromatic N) is 1. The standard InChI is InChI=1S/C21H34FN3O3.HI/c1-4-21(5-2,8-10-26)14-25-20(23-6-3)24-9-7-16-11-18(22)12-17-13-27-15-28-19(16)17;/h11-12,26H,4-10,13-15H2,1-3H3,(H2,23,24,25);1H. The van der Waals surface area contributed by atoms with Gasteiger partial charge in [0.2, 0.25) is 0 Å². The second-order valence-electron chi connectivity index (χ2n) is 7.22. The zero-order valence-electron chi connectivity index (χ0n) is 17.7. The molecule has 0 amide bonds. The second-order valence-corrected chi connectivity index (χ2v) is 7.22. The third-order valence-electron chi connectivity index (χ3n) is 5.50. The highest BCUT2D eigenvalue weighted by molar-refractivity contribution is 14.0. The molecule has 0 spiro atoms. The molecule has 2 rings (SSSR count). The maximum absolute atomic E-state index is 13.9. The molecular weight excluding hydrogens is 488 g/mol. The highest BCUT2D eigenvalue weighted by atomic mass is 127. The average molecular weight is 523 g/mol. The number of aliphatic hydroxyl groups is 1. The molecule has 166 valence electrons. The molecule has 0 aliphatic carbocycles. The first-order valence-electron chi connectivity index (χ1n) is 10.2. The molecule has 0 aromatic heterocycles. The molecule has 0 saturated carbocycles. The lowest BCUT2D eigenvalue weighted by molar-refractivity contribution is -0.0172. The van der Waals surface area contributed by atoms with Crippen LogP contribution in [0.4, 0.5) is 4.39 Å². The van der Waals surface area contributed by atoms with Crippen LogP contribution in [0.3, 0.4) is 0 Å². The number of fused-ring (bicyclic) bond motifs is 1. The number of rotatable bonds is 10. The van der Waals surface area contributed by atoms with Gasteiger partial charge >= 0.3 is 0 Å². The van der Waals surface area contributed by atoms with Crippen molar-refractivity contribution in [2.45, 2.75) is 53.1 Å². The molecule has 1 aromatic rings. The lowest BCUT2D eigenvalue weighted by atomic mass is 9.79. The van der Waals surface area contributed by atoms with Gasteiger partial charge in [0.05, 0.1) is 6.61 Å². The van der Waals surface area contributed by atoms with E-state index in [1.54, 1.807) is 0 Å². The molecular formula is C21H35FIN3O3. The van der Waals surface area contributed by atoms with E-state index in [1.807, 2.05) is 6.92 Å². The third-order valence-corrected chi connectivity index (χ3v) is 5.50. The quantitative estimate of drug-likeness (QED) is 0.248. The van der Waals surface area contributed by atoms with Gasteiger partial charge in [-0.2, -0.15) is 0 Å². The van der Waals surface area contributed by atoms with Gasteiger partial charge in [-0.3, -0.25) is 4.99 Å². The molecule has 0 unspecified atom stereocenters. The lowest BCUT2D eigenvalue weighted by Gasteiger charge is -2.29. The molecule has 0 atom stereocenters. The van der Waals surface area contributed by atoms with Crippen LogP contribution in [0.25, 0.3) is 0 Å². The van der Waals surface area contributed by atoms with Crippen LogP contribution in [0.2, 0.25) is 0 Å². The molecule has 6 nitrogen and oxygen atoms in total. The Balaban J connectivity index is 0.00000420. The molecule has 8 heteroatoms. The first-order valence-corrected chi connectivity index (χ1v) is 10.2. The number of nitrogens with one attached hydrogen (secondary N) is 2. The van der Waals surface area contributed by atoms with Crippen LogP contribution in [-0.4, -0.2) is 44.1 Å². The van der Waals surface area contributed by atoms with E-state index in [9.17, 15) is 9.50 Å². The topological polar surface area (TPSA) is 75.1 Å². The minimum Gasteiger partial charge on any atom is -0.467 e. The van der Waals surface area contributed by atoms with E-state index < -0.39 is 0 Å². The average Bonchev–Trinajstić information content (AvgIpc) is 2.71. The molecule has 29 heavy (non-hydrogen) atoms. The van der Waals surface area contributed by atoms with Gasteiger partial charge in [0.25, 0.3) is 0 Å². The molecule has 0 fully saturated rings. The van der Waals surface area contributed by atoms with Crippen molar-refractivity contribution in [2.24, 2.45) is 10.4 Å². The molecule has 1 aliphatic heterocycles. The molecule has 1 heterocycles. The molecule has 0 bridgehead atoms. The van der Waals surface area contributed by atoms with Crippen LogP contribution in [0.1, 0.15) is 51.2 Å². The Bertz CT molecular complexity index is 654. The van der Waals surface area contributed by atoms with Crippen molar-refractivity contribution in [3.05, 3.63) is 29.1 Å². The number of hydrogen-bond donors (Lipinski definition) is 3. The molecule has 1 aliphatic rings. The SMILES string of the molecule is CCNC(=NCC(CC)(CC)CCO)NCCc1cc(F)cc2c1OCOC2.I. The van der Waals surface area contributed by atoms with Crippen molar-refractivity contribution in [3.8, 4) is 5.75 Å². The Labute approximate surface area is 190 Å². The van der Waals surface area contributed by atoms with E-state index in [1.165, 1.54) is 12.1 Å². The van der Waals surface area contributed by atoms with Gasteiger partial charge in [0, 0.05) is 31.8 Å². The number of hydrogen-bond acceptors (Lipinski definition) is 4. The highest BCUT2D eigenvalue weighted by Crippen LogP contribution is 2.31. The number of ether oxygens (including phenoxy) is 2. The van der Waals surface area contributed by atoms with E-state index in [4.69, 9.17) is 14.5 Å². The first-order chi connectivity index (χ1) is 13.6. The predicted molar refractivity (Wildman–Crippen MR) is 125 cm³/mol. The summed E-state index contributed by atoms with van der Waals surface area (Å²) in [5.74, 6) is 1.19. The van der Waals surface area contributed by atoms with Crippen molar-refractivity contribution >= 4 is 29.9 Å². The smallest absolute Gasteiger partial charge is 0.191 e. The first kappa shape index (κ1) is 25.9. The Morgan fingerprint density at radius 2 is 2.00 bits per heavy atom. The van der Waals surface area contributed by atoms with Gasteiger partial charge in [-0.05, 0) is 55.7 Å². The second kappa shape index (κ2) is 13.2. The summed E-state index contributed by atoms with van der Waals surface area (Å²) in [7, 11) is 0. The zero-order valence-corrected chi connectivity index (χ0v) is 20.1. The Kier molecular flexibility index (Phi) is 11.8. The van der Waals surface area contributed by atoms with Crippen LogP contribution in [0, 0.1) is 11.2 Å². The maximum Gasteiger partial charge on any atom is 0.191 e. The predicted octanol–water partition coefficient (Wildman–Crippen LogP) is 3.60. The summed E-state index contributed by atoms with van der Waals surface area (Å²) < 4.78 is 24.7. The van der Waals surface area contributed by atoms with Crippen LogP contribution < -0.4 is 15.4 Å². The van der Waals surface area contributed by atoms with Gasteiger partial charge in [-0.15, -0.1) is 24.0 Å². The fourth-order valence-corrected chi connectivity index (χ4v) is 3.49. The van der Waals surface area contributed by atoms with Crippen molar-refractivity contribution in [2.75, 3.05) is 33.0 Å². The molecule has 0 saturated heterocycles. The van der Waals surface area contributed by atoms with E-state index in [0.717, 1.165) is 48.6 Å². The van der Waals surface area contributed by atoms with Crippen LogP contribution in [0.15, 0.2) is 17.1 Å². The molecule has 0 radical (unpaired) electrons. The highest BCUT2D eigenvalue weighted by Gasteiger charge is 2.25. The number of benzene rings is 1. The fourth-order valence-electron chi connectivity index (χ4n) is 3.49. The number of halogens is 2. The molecule has 1 aromatic carbocycles. The largest absolute Gasteiger partial charge is 0.467 e. The van der Waals surface area contributed by atoms with Crippen molar-refractivity contribution in [1.82, 2.24) is 10.6 Å². The minimum absolute atomic E-state index is 0. The normalized spacial score (nSPS) is 13.9. The zero-order chi connectivity index (χ0) is 20.4. The van der Waals surface area contributed by atoms with E-state index in [-0.39, 0.29) is 48.6 Å². The Morgan fingerprint density at radius 3 is 2.66 bits per heavy atom. The summed E-state index contributed by atoms with van der Waals surface area (Å²) in [4.78, 5) is 4.74.